The van der Waals surface area contributed by atoms with E-state index >= 15 is 0 Å². The highest BCUT2D eigenvalue weighted by Gasteiger charge is 2.07. The van der Waals surface area contributed by atoms with Crippen molar-refractivity contribution >= 4 is 11.6 Å². The molecule has 0 saturated heterocycles. The first kappa shape index (κ1) is 9.56. The van der Waals surface area contributed by atoms with Crippen LogP contribution in [0.25, 0.3) is 0 Å². The monoisotopic (exact) mass is 183 g/mol. The zero-order chi connectivity index (χ0) is 9.14. The Labute approximate surface area is 78.5 Å². The molecule has 2 heteroatoms. The first-order valence-electron chi connectivity index (χ1n) is 4.17. The average molecular weight is 184 g/mol. The topological polar surface area (TPSA) is 26.0 Å². The van der Waals surface area contributed by atoms with Crippen LogP contribution in [-0.2, 0) is 0 Å². The standard InChI is InChI=1S/C10H14ClN/c1-3-10(12)8-5-4-6-9(11)7(8)2/h4-6,10H,3,12H2,1-2H3/t10-/m1/s1. The molecule has 0 spiro atoms. The normalized spacial score (nSPS) is 13.0. The Morgan fingerprint density at radius 1 is 1.50 bits per heavy atom. The smallest absolute Gasteiger partial charge is 0.0438 e. The van der Waals surface area contributed by atoms with Gasteiger partial charge in [-0.15, -0.1) is 0 Å². The van der Waals surface area contributed by atoms with Gasteiger partial charge < -0.3 is 5.73 Å². The van der Waals surface area contributed by atoms with Gasteiger partial charge in [0.2, 0.25) is 0 Å². The van der Waals surface area contributed by atoms with Gasteiger partial charge in [-0.2, -0.15) is 0 Å². The lowest BCUT2D eigenvalue weighted by molar-refractivity contribution is 0.694. The maximum atomic E-state index is 5.96. The molecule has 12 heavy (non-hydrogen) atoms. The number of hydrogen-bond donors (Lipinski definition) is 1. The van der Waals surface area contributed by atoms with Crippen LogP contribution in [0.3, 0.4) is 0 Å². The van der Waals surface area contributed by atoms with Crippen molar-refractivity contribution in [2.45, 2.75) is 26.3 Å². The molecule has 2 N–H and O–H groups in total. The largest absolute Gasteiger partial charge is 0.324 e. The minimum Gasteiger partial charge on any atom is -0.324 e. The second-order valence-electron chi connectivity index (χ2n) is 2.97. The maximum absolute atomic E-state index is 5.96. The third kappa shape index (κ3) is 1.79. The highest BCUT2D eigenvalue weighted by atomic mass is 35.5. The Kier molecular flexibility index (Phi) is 3.12. The number of nitrogens with two attached hydrogens (primary N) is 1. The van der Waals surface area contributed by atoms with E-state index in [9.17, 15) is 0 Å². The van der Waals surface area contributed by atoms with E-state index in [1.807, 2.05) is 25.1 Å². The lowest BCUT2D eigenvalue weighted by Crippen LogP contribution is -2.10. The van der Waals surface area contributed by atoms with E-state index in [1.165, 1.54) is 0 Å². The van der Waals surface area contributed by atoms with Gasteiger partial charge in [0.05, 0.1) is 0 Å². The van der Waals surface area contributed by atoms with Crippen molar-refractivity contribution in [1.82, 2.24) is 0 Å². The number of halogens is 1. The molecular formula is C10H14ClN. The predicted octanol–water partition coefficient (Wildman–Crippen LogP) is 3.06. The van der Waals surface area contributed by atoms with Crippen LogP contribution in [0.2, 0.25) is 5.02 Å². The van der Waals surface area contributed by atoms with Crippen molar-refractivity contribution in [3.8, 4) is 0 Å². The molecule has 0 heterocycles. The van der Waals surface area contributed by atoms with Crippen molar-refractivity contribution < 1.29 is 0 Å². The molecule has 0 amide bonds. The molecule has 1 atom stereocenters. The van der Waals surface area contributed by atoms with Gasteiger partial charge in [0.1, 0.15) is 0 Å². The fraction of sp³-hybridized carbons (Fsp3) is 0.400. The minimum atomic E-state index is 0.115. The van der Waals surface area contributed by atoms with Crippen molar-refractivity contribution in [2.75, 3.05) is 0 Å². The molecule has 66 valence electrons. The maximum Gasteiger partial charge on any atom is 0.0438 e. The lowest BCUT2D eigenvalue weighted by atomic mass is 10.0. The summed E-state index contributed by atoms with van der Waals surface area (Å²) in [5, 5.41) is 0.802. The van der Waals surface area contributed by atoms with Crippen LogP contribution < -0.4 is 5.73 Å². The summed E-state index contributed by atoms with van der Waals surface area (Å²) < 4.78 is 0. The zero-order valence-electron chi connectivity index (χ0n) is 7.47. The molecule has 0 aliphatic rings. The van der Waals surface area contributed by atoms with Gasteiger partial charge in [-0.3, -0.25) is 0 Å². The molecular weight excluding hydrogens is 170 g/mol. The van der Waals surface area contributed by atoms with Gasteiger partial charge in [0.15, 0.2) is 0 Å². The van der Waals surface area contributed by atoms with Crippen molar-refractivity contribution in [1.29, 1.82) is 0 Å². The number of benzene rings is 1. The molecule has 1 rings (SSSR count). The van der Waals surface area contributed by atoms with Crippen LogP contribution in [-0.4, -0.2) is 0 Å². The summed E-state index contributed by atoms with van der Waals surface area (Å²) in [6.07, 6.45) is 0.946. The summed E-state index contributed by atoms with van der Waals surface area (Å²) >= 11 is 5.96. The Hall–Kier alpha value is -0.530. The van der Waals surface area contributed by atoms with Crippen LogP contribution in [0.15, 0.2) is 18.2 Å². The van der Waals surface area contributed by atoms with Crippen LogP contribution in [0.5, 0.6) is 0 Å². The van der Waals surface area contributed by atoms with Gasteiger partial charge in [-0.1, -0.05) is 30.7 Å². The Morgan fingerprint density at radius 2 is 2.17 bits per heavy atom. The van der Waals surface area contributed by atoms with Crippen LogP contribution in [0.4, 0.5) is 0 Å². The van der Waals surface area contributed by atoms with Gasteiger partial charge in [0, 0.05) is 11.1 Å². The highest BCUT2D eigenvalue weighted by Crippen LogP contribution is 2.24. The van der Waals surface area contributed by atoms with E-state index in [4.69, 9.17) is 17.3 Å². The van der Waals surface area contributed by atoms with E-state index in [2.05, 4.69) is 6.92 Å². The third-order valence-corrected chi connectivity index (χ3v) is 2.56. The van der Waals surface area contributed by atoms with Gasteiger partial charge in [-0.05, 0) is 30.5 Å². The van der Waals surface area contributed by atoms with Crippen LogP contribution in [0.1, 0.15) is 30.5 Å². The van der Waals surface area contributed by atoms with Crippen molar-refractivity contribution in [3.05, 3.63) is 34.3 Å². The highest BCUT2D eigenvalue weighted by molar-refractivity contribution is 6.31. The summed E-state index contributed by atoms with van der Waals surface area (Å²) in [5.41, 5.74) is 8.17. The third-order valence-electron chi connectivity index (χ3n) is 2.15. The molecule has 0 aromatic heterocycles. The second kappa shape index (κ2) is 3.92. The molecule has 1 aromatic rings. The van der Waals surface area contributed by atoms with Crippen molar-refractivity contribution in [3.63, 3.8) is 0 Å². The molecule has 0 aliphatic carbocycles. The number of hydrogen-bond acceptors (Lipinski definition) is 1. The van der Waals surface area contributed by atoms with Gasteiger partial charge in [-0.25, -0.2) is 0 Å². The molecule has 0 fully saturated rings. The minimum absolute atomic E-state index is 0.115. The summed E-state index contributed by atoms with van der Waals surface area (Å²) in [6.45, 7) is 4.08. The van der Waals surface area contributed by atoms with E-state index in [0.29, 0.717) is 0 Å². The quantitative estimate of drug-likeness (QED) is 0.750. The van der Waals surface area contributed by atoms with E-state index in [0.717, 1.165) is 22.6 Å². The van der Waals surface area contributed by atoms with Crippen molar-refractivity contribution in [2.24, 2.45) is 5.73 Å². The summed E-state index contributed by atoms with van der Waals surface area (Å²) in [5.74, 6) is 0. The average Bonchev–Trinajstić information content (AvgIpc) is 2.08. The Balaban J connectivity index is 3.07. The summed E-state index contributed by atoms with van der Waals surface area (Å²) in [4.78, 5) is 0. The fourth-order valence-electron chi connectivity index (χ4n) is 1.25. The van der Waals surface area contributed by atoms with Gasteiger partial charge >= 0.3 is 0 Å². The molecule has 0 unspecified atom stereocenters. The van der Waals surface area contributed by atoms with Crippen LogP contribution >= 0.6 is 11.6 Å². The molecule has 0 radical (unpaired) electrons. The Morgan fingerprint density at radius 3 is 2.75 bits per heavy atom. The van der Waals surface area contributed by atoms with Gasteiger partial charge in [0.25, 0.3) is 0 Å². The van der Waals surface area contributed by atoms with E-state index in [-0.39, 0.29) is 6.04 Å². The second-order valence-corrected chi connectivity index (χ2v) is 3.38. The summed E-state index contributed by atoms with van der Waals surface area (Å²) in [7, 11) is 0. The number of rotatable bonds is 2. The predicted molar refractivity (Wildman–Crippen MR) is 53.4 cm³/mol. The molecule has 0 bridgehead atoms. The fourth-order valence-corrected chi connectivity index (χ4v) is 1.43. The van der Waals surface area contributed by atoms with E-state index in [1.54, 1.807) is 0 Å². The Bertz CT molecular complexity index is 271. The zero-order valence-corrected chi connectivity index (χ0v) is 8.23. The lowest BCUT2D eigenvalue weighted by Gasteiger charge is -2.12. The van der Waals surface area contributed by atoms with E-state index < -0.39 is 0 Å². The van der Waals surface area contributed by atoms with Crippen LogP contribution in [0, 0.1) is 6.92 Å². The molecule has 0 saturated carbocycles. The first-order valence-corrected chi connectivity index (χ1v) is 4.55. The molecule has 0 aliphatic heterocycles. The summed E-state index contributed by atoms with van der Waals surface area (Å²) in [6, 6.07) is 5.99. The molecule has 1 nitrogen and oxygen atoms in total. The SMILES string of the molecule is CC[C@@H](N)c1cccc(Cl)c1C. The first-order chi connectivity index (χ1) is 5.66. The molecule has 1 aromatic carbocycles.